The van der Waals surface area contributed by atoms with Crippen LogP contribution < -0.4 is 0 Å². The van der Waals surface area contributed by atoms with Crippen molar-refractivity contribution in [1.82, 2.24) is 9.80 Å². The quantitative estimate of drug-likeness (QED) is 0.745. The average molecular weight is 248 g/mol. The molecular formula is C15H24N2O. The van der Waals surface area contributed by atoms with Crippen molar-refractivity contribution < 1.29 is 4.79 Å². The summed E-state index contributed by atoms with van der Waals surface area (Å²) in [4.78, 5) is 16.3. The lowest BCUT2D eigenvalue weighted by atomic mass is 10.1. The third kappa shape index (κ3) is 4.49. The first-order valence-electron chi connectivity index (χ1n) is 6.52. The summed E-state index contributed by atoms with van der Waals surface area (Å²) in [6.45, 7) is 6.83. The van der Waals surface area contributed by atoms with Gasteiger partial charge in [0.05, 0.1) is 0 Å². The van der Waals surface area contributed by atoms with Crippen LogP contribution in [0.2, 0.25) is 0 Å². The van der Waals surface area contributed by atoms with Crippen LogP contribution in [0.1, 0.15) is 20.3 Å². The van der Waals surface area contributed by atoms with Crippen LogP contribution in [0.5, 0.6) is 0 Å². The number of carbonyl (C=O) groups excluding carboxylic acids is 1. The van der Waals surface area contributed by atoms with Crippen molar-refractivity contribution in [3.63, 3.8) is 0 Å². The zero-order chi connectivity index (χ0) is 13.5. The molecule has 0 aromatic carbocycles. The predicted molar refractivity (Wildman–Crippen MR) is 76.4 cm³/mol. The summed E-state index contributed by atoms with van der Waals surface area (Å²) >= 11 is 0. The molecule has 1 rings (SSSR count). The Morgan fingerprint density at radius 3 is 2.72 bits per heavy atom. The third-order valence-electron chi connectivity index (χ3n) is 3.21. The molecule has 3 heteroatoms. The summed E-state index contributed by atoms with van der Waals surface area (Å²) in [5.41, 5.74) is 2.00. The molecule has 0 heterocycles. The third-order valence-corrected chi connectivity index (χ3v) is 3.21. The molecule has 0 aromatic rings. The number of rotatable bonds is 5. The van der Waals surface area contributed by atoms with E-state index < -0.39 is 0 Å². The molecule has 0 atom stereocenters. The fourth-order valence-electron chi connectivity index (χ4n) is 1.77. The largest absolute Gasteiger partial charge is 0.341 e. The van der Waals surface area contributed by atoms with E-state index in [4.69, 9.17) is 0 Å². The van der Waals surface area contributed by atoms with Gasteiger partial charge in [-0.2, -0.15) is 0 Å². The molecule has 1 amide bonds. The van der Waals surface area contributed by atoms with Gasteiger partial charge in [0, 0.05) is 25.7 Å². The van der Waals surface area contributed by atoms with Gasteiger partial charge in [-0.1, -0.05) is 36.8 Å². The molecule has 0 N–H and O–H groups in total. The van der Waals surface area contributed by atoms with E-state index in [0.29, 0.717) is 0 Å². The van der Waals surface area contributed by atoms with Gasteiger partial charge in [0.25, 0.3) is 0 Å². The number of nitrogens with zero attached hydrogens (tertiary/aromatic N) is 2. The number of hydrogen-bond acceptors (Lipinski definition) is 2. The monoisotopic (exact) mass is 248 g/mol. The minimum absolute atomic E-state index is 0.138. The molecule has 1 aliphatic rings. The summed E-state index contributed by atoms with van der Waals surface area (Å²) in [6, 6.07) is 0. The van der Waals surface area contributed by atoms with Gasteiger partial charge in [0.15, 0.2) is 0 Å². The fourth-order valence-corrected chi connectivity index (χ4v) is 1.77. The zero-order valence-corrected chi connectivity index (χ0v) is 11.9. The summed E-state index contributed by atoms with van der Waals surface area (Å²) in [5.74, 6) is 0.138. The Kier molecular flexibility index (Phi) is 5.86. The van der Waals surface area contributed by atoms with E-state index in [0.717, 1.165) is 37.2 Å². The van der Waals surface area contributed by atoms with Crippen molar-refractivity contribution in [1.29, 1.82) is 0 Å². The van der Waals surface area contributed by atoms with Gasteiger partial charge in [-0.15, -0.1) is 0 Å². The summed E-state index contributed by atoms with van der Waals surface area (Å²) < 4.78 is 0. The second kappa shape index (κ2) is 7.17. The van der Waals surface area contributed by atoms with E-state index >= 15 is 0 Å². The van der Waals surface area contributed by atoms with Crippen molar-refractivity contribution >= 4 is 5.91 Å². The molecule has 0 aliphatic heterocycles. The Labute approximate surface area is 110 Å². The Bertz CT molecular complexity index is 380. The first kappa shape index (κ1) is 14.7. The standard InChI is InChI=1S/C15H24N2O/c1-5-16(3)10-11-17(4)15(18)14-9-7-6-8-13(2)12-14/h6-8,12H,5,9-11H2,1-4H3. The summed E-state index contributed by atoms with van der Waals surface area (Å²) in [6.07, 6.45) is 8.79. The summed E-state index contributed by atoms with van der Waals surface area (Å²) in [5, 5.41) is 0. The second-order valence-corrected chi connectivity index (χ2v) is 4.84. The van der Waals surface area contributed by atoms with E-state index in [1.54, 1.807) is 0 Å². The lowest BCUT2D eigenvalue weighted by molar-refractivity contribution is -0.126. The highest BCUT2D eigenvalue weighted by Crippen LogP contribution is 2.14. The second-order valence-electron chi connectivity index (χ2n) is 4.84. The predicted octanol–water partition coefficient (Wildman–Crippen LogP) is 2.23. The van der Waals surface area contributed by atoms with Crippen LogP contribution in [-0.2, 0) is 4.79 Å². The Balaban J connectivity index is 2.58. The van der Waals surface area contributed by atoms with Crippen molar-refractivity contribution in [2.45, 2.75) is 20.3 Å². The smallest absolute Gasteiger partial charge is 0.249 e. The Morgan fingerprint density at radius 1 is 1.33 bits per heavy atom. The van der Waals surface area contributed by atoms with Gasteiger partial charge >= 0.3 is 0 Å². The van der Waals surface area contributed by atoms with Crippen LogP contribution in [0.3, 0.4) is 0 Å². The van der Waals surface area contributed by atoms with Gasteiger partial charge in [-0.25, -0.2) is 0 Å². The summed E-state index contributed by atoms with van der Waals surface area (Å²) in [7, 11) is 3.94. The molecule has 0 spiro atoms. The van der Waals surface area contributed by atoms with Crippen LogP contribution in [0.4, 0.5) is 0 Å². The number of amides is 1. The molecule has 0 fully saturated rings. The maximum absolute atomic E-state index is 12.3. The van der Waals surface area contributed by atoms with Crippen LogP contribution in [0, 0.1) is 0 Å². The van der Waals surface area contributed by atoms with Crippen molar-refractivity contribution in [3.8, 4) is 0 Å². The average Bonchev–Trinajstić information content (AvgIpc) is 2.59. The zero-order valence-electron chi connectivity index (χ0n) is 11.9. The van der Waals surface area contributed by atoms with Gasteiger partial charge in [-0.3, -0.25) is 4.79 Å². The van der Waals surface area contributed by atoms with E-state index in [9.17, 15) is 4.79 Å². The molecule has 100 valence electrons. The number of carbonyl (C=O) groups is 1. The van der Waals surface area contributed by atoms with E-state index in [-0.39, 0.29) is 5.91 Å². The van der Waals surface area contributed by atoms with E-state index in [1.807, 2.05) is 43.2 Å². The molecular weight excluding hydrogens is 224 g/mol. The van der Waals surface area contributed by atoms with Crippen molar-refractivity contribution in [2.75, 3.05) is 33.7 Å². The molecule has 0 saturated heterocycles. The molecule has 3 nitrogen and oxygen atoms in total. The highest BCUT2D eigenvalue weighted by atomic mass is 16.2. The Hall–Kier alpha value is -1.35. The first-order chi connectivity index (χ1) is 8.54. The Morgan fingerprint density at radius 2 is 2.06 bits per heavy atom. The molecule has 18 heavy (non-hydrogen) atoms. The minimum atomic E-state index is 0.138. The molecule has 1 aliphatic carbocycles. The van der Waals surface area contributed by atoms with Crippen LogP contribution in [-0.4, -0.2) is 49.4 Å². The van der Waals surface area contributed by atoms with Crippen molar-refractivity contribution in [2.24, 2.45) is 0 Å². The molecule has 0 bridgehead atoms. The first-order valence-corrected chi connectivity index (χ1v) is 6.52. The number of hydrogen-bond donors (Lipinski definition) is 0. The highest BCUT2D eigenvalue weighted by Gasteiger charge is 2.14. The fraction of sp³-hybridized carbons (Fsp3) is 0.533. The number of allylic oxidation sites excluding steroid dienone is 5. The lowest BCUT2D eigenvalue weighted by Gasteiger charge is -2.22. The van der Waals surface area contributed by atoms with Crippen LogP contribution >= 0.6 is 0 Å². The highest BCUT2D eigenvalue weighted by molar-refractivity contribution is 5.94. The SMILES string of the molecule is CCN(C)CCN(C)C(=O)C1=CC(C)=CC=CC1. The van der Waals surface area contributed by atoms with Gasteiger partial charge < -0.3 is 9.80 Å². The molecule has 0 unspecified atom stereocenters. The minimum Gasteiger partial charge on any atom is -0.341 e. The maximum Gasteiger partial charge on any atom is 0.249 e. The van der Waals surface area contributed by atoms with Crippen LogP contribution in [0.15, 0.2) is 35.5 Å². The van der Waals surface area contributed by atoms with Crippen LogP contribution in [0.25, 0.3) is 0 Å². The number of likely N-dealkylation sites (N-methyl/N-ethyl adjacent to an activating group) is 2. The topological polar surface area (TPSA) is 23.6 Å². The van der Waals surface area contributed by atoms with E-state index in [2.05, 4.69) is 18.9 Å². The molecule has 0 radical (unpaired) electrons. The lowest BCUT2D eigenvalue weighted by Crippen LogP contribution is -2.35. The van der Waals surface area contributed by atoms with E-state index in [1.165, 1.54) is 0 Å². The van der Waals surface area contributed by atoms with Crippen molar-refractivity contribution in [3.05, 3.63) is 35.5 Å². The maximum atomic E-state index is 12.3. The molecule has 0 saturated carbocycles. The normalized spacial score (nSPS) is 15.2. The molecule has 0 aromatic heterocycles. The van der Waals surface area contributed by atoms with Gasteiger partial charge in [-0.05, 0) is 26.9 Å². The van der Waals surface area contributed by atoms with Gasteiger partial charge in [0.1, 0.15) is 0 Å². The van der Waals surface area contributed by atoms with Gasteiger partial charge in [0.2, 0.25) is 5.91 Å².